The molecular formula is C20H20N2O6. The van der Waals surface area contributed by atoms with Crippen molar-refractivity contribution < 1.29 is 29.4 Å². The molecule has 146 valence electrons. The second-order valence-electron chi connectivity index (χ2n) is 5.99. The lowest BCUT2D eigenvalue weighted by Gasteiger charge is -2.06. The molecule has 0 heterocycles. The Balaban J connectivity index is 1.67. The summed E-state index contributed by atoms with van der Waals surface area (Å²) in [6.07, 6.45) is -0.246. The zero-order chi connectivity index (χ0) is 20.5. The van der Waals surface area contributed by atoms with Crippen LogP contribution in [0.1, 0.15) is 33.6 Å². The number of nitrogens with one attached hydrogen (secondary N) is 2. The number of carbonyl (C=O) groups excluding carboxylic acids is 4. The monoisotopic (exact) mass is 384 g/mol. The van der Waals surface area contributed by atoms with Crippen molar-refractivity contribution in [1.82, 2.24) is 10.6 Å². The van der Waals surface area contributed by atoms with Gasteiger partial charge in [0.05, 0.1) is 13.1 Å². The van der Waals surface area contributed by atoms with Gasteiger partial charge in [0, 0.05) is 24.0 Å². The first-order chi connectivity index (χ1) is 13.3. The quantitative estimate of drug-likeness (QED) is 0.480. The maximum Gasteiger partial charge on any atom is 0.220 e. The Morgan fingerprint density at radius 1 is 0.607 bits per heavy atom. The van der Waals surface area contributed by atoms with Crippen LogP contribution in [0.4, 0.5) is 0 Å². The molecule has 0 saturated carbocycles. The van der Waals surface area contributed by atoms with Gasteiger partial charge in [0.2, 0.25) is 11.8 Å². The van der Waals surface area contributed by atoms with E-state index in [0.29, 0.717) is 11.1 Å². The number of ketones is 2. The zero-order valence-corrected chi connectivity index (χ0v) is 15.0. The molecule has 0 radical (unpaired) electrons. The van der Waals surface area contributed by atoms with Gasteiger partial charge in [-0.2, -0.15) is 0 Å². The van der Waals surface area contributed by atoms with Gasteiger partial charge in [-0.05, 0) is 48.5 Å². The van der Waals surface area contributed by atoms with Gasteiger partial charge in [-0.25, -0.2) is 0 Å². The summed E-state index contributed by atoms with van der Waals surface area (Å²) >= 11 is 0. The fourth-order valence-electron chi connectivity index (χ4n) is 2.26. The number of phenols is 2. The fraction of sp³-hybridized carbons (Fsp3) is 0.200. The van der Waals surface area contributed by atoms with Gasteiger partial charge in [0.1, 0.15) is 11.5 Å². The molecule has 8 heteroatoms. The summed E-state index contributed by atoms with van der Waals surface area (Å²) in [6.45, 7) is -0.435. The Morgan fingerprint density at radius 2 is 0.929 bits per heavy atom. The summed E-state index contributed by atoms with van der Waals surface area (Å²) in [6, 6.07) is 11.3. The fourth-order valence-corrected chi connectivity index (χ4v) is 2.26. The molecule has 0 saturated heterocycles. The van der Waals surface area contributed by atoms with Crippen molar-refractivity contribution in [3.05, 3.63) is 59.7 Å². The number of rotatable bonds is 9. The molecule has 2 aromatic carbocycles. The van der Waals surface area contributed by atoms with Crippen molar-refractivity contribution in [3.63, 3.8) is 0 Å². The van der Waals surface area contributed by atoms with Crippen LogP contribution in [-0.4, -0.2) is 46.7 Å². The van der Waals surface area contributed by atoms with Gasteiger partial charge in [0.25, 0.3) is 0 Å². The van der Waals surface area contributed by atoms with Crippen molar-refractivity contribution in [3.8, 4) is 11.5 Å². The lowest BCUT2D eigenvalue weighted by atomic mass is 10.1. The number of phenolic OH excluding ortho intramolecular Hbond substituents is 2. The average Bonchev–Trinajstić information content (AvgIpc) is 2.69. The minimum absolute atomic E-state index is 0.0375. The van der Waals surface area contributed by atoms with Crippen LogP contribution in [0.3, 0.4) is 0 Å². The first kappa shape index (κ1) is 20.6. The molecule has 2 aromatic rings. The van der Waals surface area contributed by atoms with E-state index in [4.69, 9.17) is 0 Å². The van der Waals surface area contributed by atoms with E-state index in [2.05, 4.69) is 10.6 Å². The third-order valence-corrected chi connectivity index (χ3v) is 3.85. The van der Waals surface area contributed by atoms with Crippen molar-refractivity contribution in [2.24, 2.45) is 0 Å². The zero-order valence-electron chi connectivity index (χ0n) is 15.0. The number of hydrogen-bond acceptors (Lipinski definition) is 6. The number of benzene rings is 2. The third kappa shape index (κ3) is 6.56. The van der Waals surface area contributed by atoms with Gasteiger partial charge in [-0.3, -0.25) is 19.2 Å². The molecule has 0 aliphatic heterocycles. The second-order valence-corrected chi connectivity index (χ2v) is 5.99. The van der Waals surface area contributed by atoms with Crippen LogP contribution in [0.15, 0.2) is 48.5 Å². The molecule has 4 N–H and O–H groups in total. The Kier molecular flexibility index (Phi) is 7.27. The van der Waals surface area contributed by atoms with Crippen LogP contribution >= 0.6 is 0 Å². The van der Waals surface area contributed by atoms with Crippen LogP contribution in [0.5, 0.6) is 11.5 Å². The van der Waals surface area contributed by atoms with Crippen molar-refractivity contribution >= 4 is 23.4 Å². The van der Waals surface area contributed by atoms with E-state index in [-0.39, 0.29) is 49.0 Å². The first-order valence-corrected chi connectivity index (χ1v) is 8.53. The molecule has 0 aliphatic rings. The highest BCUT2D eigenvalue weighted by Gasteiger charge is 2.12. The Bertz CT molecular complexity index is 786. The predicted molar refractivity (Wildman–Crippen MR) is 100 cm³/mol. The summed E-state index contributed by atoms with van der Waals surface area (Å²) < 4.78 is 0. The largest absolute Gasteiger partial charge is 0.508 e. The predicted octanol–water partition coefficient (Wildman–Crippen LogP) is 1.18. The molecule has 0 unspecified atom stereocenters. The maximum atomic E-state index is 11.9. The van der Waals surface area contributed by atoms with E-state index in [0.717, 1.165) is 0 Å². The van der Waals surface area contributed by atoms with Crippen LogP contribution in [-0.2, 0) is 9.59 Å². The number of Topliss-reactive ketones (excluding diaryl/α,β-unsaturated/α-hetero) is 2. The summed E-state index contributed by atoms with van der Waals surface area (Å²) in [5.41, 5.74) is 0.701. The second kappa shape index (κ2) is 9.86. The molecule has 0 spiro atoms. The third-order valence-electron chi connectivity index (χ3n) is 3.85. The molecule has 0 atom stereocenters. The van der Waals surface area contributed by atoms with Gasteiger partial charge in [-0.1, -0.05) is 0 Å². The number of amides is 2. The van der Waals surface area contributed by atoms with Crippen molar-refractivity contribution in [2.45, 2.75) is 12.8 Å². The molecule has 0 aliphatic carbocycles. The van der Waals surface area contributed by atoms with E-state index >= 15 is 0 Å². The van der Waals surface area contributed by atoms with Crippen LogP contribution in [0.25, 0.3) is 0 Å². The number of carbonyl (C=O) groups is 4. The van der Waals surface area contributed by atoms with Crippen molar-refractivity contribution in [1.29, 1.82) is 0 Å². The molecule has 2 rings (SSSR count). The molecular weight excluding hydrogens is 364 g/mol. The molecule has 0 aromatic heterocycles. The lowest BCUT2D eigenvalue weighted by Crippen LogP contribution is -2.33. The summed E-state index contributed by atoms with van der Waals surface area (Å²) in [5.74, 6) is -1.50. The minimum Gasteiger partial charge on any atom is -0.508 e. The minimum atomic E-state index is -0.466. The van der Waals surface area contributed by atoms with E-state index in [1.165, 1.54) is 48.5 Å². The maximum absolute atomic E-state index is 11.9. The molecule has 0 fully saturated rings. The highest BCUT2D eigenvalue weighted by molar-refractivity contribution is 6.00. The van der Waals surface area contributed by atoms with Gasteiger partial charge in [0.15, 0.2) is 11.6 Å². The number of aromatic hydroxyl groups is 2. The van der Waals surface area contributed by atoms with Crippen LogP contribution in [0.2, 0.25) is 0 Å². The SMILES string of the molecule is O=C(CCC(=O)NCC(=O)c1ccc(O)cc1)NCC(=O)c1ccc(O)cc1. The Labute approximate surface area is 161 Å². The van der Waals surface area contributed by atoms with E-state index in [1.807, 2.05) is 0 Å². The van der Waals surface area contributed by atoms with Crippen LogP contribution < -0.4 is 10.6 Å². The summed E-state index contributed by atoms with van der Waals surface area (Å²) in [4.78, 5) is 47.3. The normalized spacial score (nSPS) is 10.1. The Hall–Kier alpha value is -3.68. The molecule has 2 amide bonds. The summed E-state index contributed by atoms with van der Waals surface area (Å²) in [7, 11) is 0. The molecule has 8 nitrogen and oxygen atoms in total. The highest BCUT2D eigenvalue weighted by Crippen LogP contribution is 2.10. The highest BCUT2D eigenvalue weighted by atomic mass is 16.3. The average molecular weight is 384 g/mol. The Morgan fingerprint density at radius 3 is 1.25 bits per heavy atom. The van der Waals surface area contributed by atoms with Crippen molar-refractivity contribution in [2.75, 3.05) is 13.1 Å². The van der Waals surface area contributed by atoms with Gasteiger partial charge < -0.3 is 20.8 Å². The smallest absolute Gasteiger partial charge is 0.220 e. The van der Waals surface area contributed by atoms with E-state index in [9.17, 15) is 29.4 Å². The van der Waals surface area contributed by atoms with E-state index < -0.39 is 11.8 Å². The first-order valence-electron chi connectivity index (χ1n) is 8.53. The van der Waals surface area contributed by atoms with Gasteiger partial charge in [-0.15, -0.1) is 0 Å². The van der Waals surface area contributed by atoms with E-state index in [1.54, 1.807) is 0 Å². The van der Waals surface area contributed by atoms with Crippen LogP contribution in [0, 0.1) is 0 Å². The standard InChI is InChI=1S/C20H20N2O6/c23-15-5-1-13(2-6-15)17(25)11-21-19(27)9-10-20(28)22-12-18(26)14-3-7-16(24)8-4-14/h1-8,23-24H,9-12H2,(H,21,27)(H,22,28). The molecule has 28 heavy (non-hydrogen) atoms. The summed E-state index contributed by atoms with van der Waals surface area (Å²) in [5, 5.41) is 23.2. The molecule has 0 bridgehead atoms. The topological polar surface area (TPSA) is 133 Å². The number of hydrogen-bond donors (Lipinski definition) is 4. The van der Waals surface area contributed by atoms with Gasteiger partial charge >= 0.3 is 0 Å². The lowest BCUT2D eigenvalue weighted by molar-refractivity contribution is -0.126.